The Bertz CT molecular complexity index is 540. The molecular weight excluding hydrogens is 231 g/mol. The zero-order valence-electron chi connectivity index (χ0n) is 10.4. The first-order chi connectivity index (χ1) is 8.61. The molecule has 1 heterocycles. The summed E-state index contributed by atoms with van der Waals surface area (Å²) in [6.45, 7) is 2.42. The summed E-state index contributed by atoms with van der Waals surface area (Å²) in [4.78, 5) is 0. The normalized spacial score (nSPS) is 10.4. The molecule has 2 rings (SSSR count). The van der Waals surface area contributed by atoms with Gasteiger partial charge >= 0.3 is 7.12 Å². The Balaban J connectivity index is 2.38. The summed E-state index contributed by atoms with van der Waals surface area (Å²) in [6.07, 6.45) is 1.71. The molecule has 0 atom stereocenters. The number of aromatic nitrogens is 2. The van der Waals surface area contributed by atoms with Crippen molar-refractivity contribution >= 4 is 12.6 Å². The van der Waals surface area contributed by atoms with E-state index in [2.05, 4.69) is 5.10 Å². The number of rotatable bonds is 4. The predicted molar refractivity (Wildman–Crippen MR) is 68.9 cm³/mol. The molecule has 0 fully saturated rings. The van der Waals surface area contributed by atoms with Gasteiger partial charge in [0.1, 0.15) is 5.75 Å². The first kappa shape index (κ1) is 12.7. The zero-order chi connectivity index (χ0) is 13.1. The molecule has 0 radical (unpaired) electrons. The highest BCUT2D eigenvalue weighted by atomic mass is 16.5. The number of hydrogen-bond donors (Lipinski definition) is 2. The van der Waals surface area contributed by atoms with E-state index in [-0.39, 0.29) is 0 Å². The minimum absolute atomic E-state index is 0.464. The van der Waals surface area contributed by atoms with Gasteiger partial charge in [-0.1, -0.05) is 6.07 Å². The van der Waals surface area contributed by atoms with Crippen LogP contribution in [-0.4, -0.2) is 34.1 Å². The van der Waals surface area contributed by atoms with Crippen LogP contribution in [0.25, 0.3) is 0 Å². The van der Waals surface area contributed by atoms with Gasteiger partial charge in [-0.25, -0.2) is 0 Å². The van der Waals surface area contributed by atoms with Crippen molar-refractivity contribution in [1.29, 1.82) is 0 Å². The van der Waals surface area contributed by atoms with Gasteiger partial charge in [0.15, 0.2) is 0 Å². The van der Waals surface area contributed by atoms with E-state index >= 15 is 0 Å². The molecule has 0 aliphatic carbocycles. The molecule has 5 nitrogen and oxygen atoms in total. The molecule has 94 valence electrons. The van der Waals surface area contributed by atoms with Gasteiger partial charge in [0.25, 0.3) is 0 Å². The molecule has 0 spiro atoms. The fourth-order valence-electron chi connectivity index (χ4n) is 1.82. The number of hydrogen-bond acceptors (Lipinski definition) is 4. The summed E-state index contributed by atoms with van der Waals surface area (Å²) in [5, 5.41) is 22.9. The maximum atomic E-state index is 9.35. The number of methoxy groups -OCH3 is 1. The van der Waals surface area contributed by atoms with Gasteiger partial charge in [-0.15, -0.1) is 0 Å². The SMILES string of the molecule is COc1ccc(B(O)O)c(Cn2nccc2C)c1. The first-order valence-electron chi connectivity index (χ1n) is 5.63. The second kappa shape index (κ2) is 5.24. The third-order valence-corrected chi connectivity index (χ3v) is 2.88. The second-order valence-corrected chi connectivity index (χ2v) is 4.07. The van der Waals surface area contributed by atoms with Crippen LogP contribution in [0.5, 0.6) is 5.75 Å². The van der Waals surface area contributed by atoms with Crippen molar-refractivity contribution in [1.82, 2.24) is 9.78 Å². The molecule has 0 bridgehead atoms. The highest BCUT2D eigenvalue weighted by molar-refractivity contribution is 6.59. The summed E-state index contributed by atoms with van der Waals surface area (Å²) in [6, 6.07) is 7.04. The molecule has 1 aromatic carbocycles. The van der Waals surface area contributed by atoms with Gasteiger partial charge < -0.3 is 14.8 Å². The van der Waals surface area contributed by atoms with Crippen LogP contribution in [0.15, 0.2) is 30.5 Å². The van der Waals surface area contributed by atoms with Crippen molar-refractivity contribution in [3.63, 3.8) is 0 Å². The van der Waals surface area contributed by atoms with Gasteiger partial charge in [-0.2, -0.15) is 5.10 Å². The Morgan fingerprint density at radius 1 is 1.33 bits per heavy atom. The Hall–Kier alpha value is -1.79. The molecule has 0 aliphatic rings. The van der Waals surface area contributed by atoms with Crippen molar-refractivity contribution in [3.05, 3.63) is 41.7 Å². The monoisotopic (exact) mass is 246 g/mol. The molecule has 0 aliphatic heterocycles. The smallest absolute Gasteiger partial charge is 0.488 e. The minimum atomic E-state index is -1.50. The maximum absolute atomic E-state index is 9.35. The van der Waals surface area contributed by atoms with Gasteiger partial charge in [0, 0.05) is 11.9 Å². The fourth-order valence-corrected chi connectivity index (χ4v) is 1.82. The van der Waals surface area contributed by atoms with Gasteiger partial charge in [0.2, 0.25) is 0 Å². The molecule has 0 saturated carbocycles. The first-order valence-corrected chi connectivity index (χ1v) is 5.63. The van der Waals surface area contributed by atoms with Crippen LogP contribution in [0.3, 0.4) is 0 Å². The van der Waals surface area contributed by atoms with Crippen LogP contribution in [0, 0.1) is 6.92 Å². The summed E-state index contributed by atoms with van der Waals surface area (Å²) < 4.78 is 6.94. The Labute approximate surface area is 106 Å². The average Bonchev–Trinajstić information content (AvgIpc) is 2.74. The standard InChI is InChI=1S/C12H15BN2O3/c1-9-5-6-14-15(9)8-10-7-11(18-2)3-4-12(10)13(16)17/h3-7,16-17H,8H2,1-2H3. The largest absolute Gasteiger partial charge is 0.497 e. The predicted octanol–water partition coefficient (Wildman–Crippen LogP) is -0.0718. The lowest BCUT2D eigenvalue weighted by Crippen LogP contribution is -2.33. The van der Waals surface area contributed by atoms with Crippen LogP contribution in [0.2, 0.25) is 0 Å². The van der Waals surface area contributed by atoms with E-state index in [1.54, 1.807) is 36.2 Å². The molecule has 1 aromatic heterocycles. The Kier molecular flexibility index (Phi) is 3.69. The summed E-state index contributed by atoms with van der Waals surface area (Å²) in [5.41, 5.74) is 2.25. The third kappa shape index (κ3) is 2.55. The number of benzene rings is 1. The van der Waals surface area contributed by atoms with E-state index in [0.29, 0.717) is 17.8 Å². The number of ether oxygens (including phenoxy) is 1. The average molecular weight is 246 g/mol. The van der Waals surface area contributed by atoms with Crippen molar-refractivity contribution in [2.75, 3.05) is 7.11 Å². The van der Waals surface area contributed by atoms with Crippen molar-refractivity contribution < 1.29 is 14.8 Å². The van der Waals surface area contributed by atoms with E-state index in [4.69, 9.17) is 4.74 Å². The quantitative estimate of drug-likeness (QED) is 0.741. The Morgan fingerprint density at radius 3 is 2.67 bits per heavy atom. The third-order valence-electron chi connectivity index (χ3n) is 2.88. The van der Waals surface area contributed by atoms with E-state index in [9.17, 15) is 10.0 Å². The van der Waals surface area contributed by atoms with E-state index in [1.807, 2.05) is 13.0 Å². The lowest BCUT2D eigenvalue weighted by Gasteiger charge is -2.12. The molecule has 2 aromatic rings. The molecule has 0 saturated heterocycles. The zero-order valence-corrected chi connectivity index (χ0v) is 10.4. The van der Waals surface area contributed by atoms with Crippen LogP contribution in [0.4, 0.5) is 0 Å². The highest BCUT2D eigenvalue weighted by Crippen LogP contribution is 2.13. The summed E-state index contributed by atoms with van der Waals surface area (Å²) in [7, 11) is 0.0784. The van der Waals surface area contributed by atoms with Crippen molar-refractivity contribution in [3.8, 4) is 5.75 Å². The van der Waals surface area contributed by atoms with E-state index in [1.165, 1.54) is 0 Å². The lowest BCUT2D eigenvalue weighted by molar-refractivity contribution is 0.413. The second-order valence-electron chi connectivity index (χ2n) is 4.07. The Morgan fingerprint density at radius 2 is 2.11 bits per heavy atom. The topological polar surface area (TPSA) is 67.5 Å². The number of aryl methyl sites for hydroxylation is 1. The molecule has 0 unspecified atom stereocenters. The van der Waals surface area contributed by atoms with Crippen LogP contribution in [-0.2, 0) is 6.54 Å². The minimum Gasteiger partial charge on any atom is -0.497 e. The molecular formula is C12H15BN2O3. The van der Waals surface area contributed by atoms with Crippen LogP contribution < -0.4 is 10.2 Å². The maximum Gasteiger partial charge on any atom is 0.488 e. The van der Waals surface area contributed by atoms with Crippen molar-refractivity contribution in [2.45, 2.75) is 13.5 Å². The lowest BCUT2D eigenvalue weighted by atomic mass is 9.77. The molecule has 6 heteroatoms. The van der Waals surface area contributed by atoms with Crippen LogP contribution >= 0.6 is 0 Å². The molecule has 18 heavy (non-hydrogen) atoms. The van der Waals surface area contributed by atoms with Gasteiger partial charge in [0.05, 0.1) is 13.7 Å². The van der Waals surface area contributed by atoms with Crippen molar-refractivity contribution in [2.24, 2.45) is 0 Å². The highest BCUT2D eigenvalue weighted by Gasteiger charge is 2.17. The fraction of sp³-hybridized carbons (Fsp3) is 0.250. The van der Waals surface area contributed by atoms with E-state index in [0.717, 1.165) is 11.3 Å². The van der Waals surface area contributed by atoms with Crippen LogP contribution in [0.1, 0.15) is 11.3 Å². The van der Waals surface area contributed by atoms with E-state index < -0.39 is 7.12 Å². The van der Waals surface area contributed by atoms with Gasteiger partial charge in [-0.3, -0.25) is 4.68 Å². The molecule has 0 amide bonds. The molecule has 2 N–H and O–H groups in total. The summed E-state index contributed by atoms with van der Waals surface area (Å²) >= 11 is 0. The van der Waals surface area contributed by atoms with Gasteiger partial charge in [-0.05, 0) is 36.1 Å². The summed E-state index contributed by atoms with van der Waals surface area (Å²) in [5.74, 6) is 0.680. The number of nitrogens with zero attached hydrogens (tertiary/aromatic N) is 2.